The van der Waals surface area contributed by atoms with Gasteiger partial charge >= 0.3 is 0 Å². The molecule has 0 aliphatic heterocycles. The van der Waals surface area contributed by atoms with Crippen molar-refractivity contribution < 1.29 is 8.42 Å². The van der Waals surface area contributed by atoms with Crippen LogP contribution in [-0.2, 0) is 10.0 Å². The lowest BCUT2D eigenvalue weighted by atomic mass is 10.4. The van der Waals surface area contributed by atoms with Gasteiger partial charge in [-0.2, -0.15) is 4.31 Å². The molecule has 78 valence electrons. The van der Waals surface area contributed by atoms with Gasteiger partial charge in [0.1, 0.15) is 0 Å². The fraction of sp³-hybridized carbons (Fsp3) is 1.00. The van der Waals surface area contributed by atoms with Gasteiger partial charge in [0.25, 0.3) is 0 Å². The van der Waals surface area contributed by atoms with Crippen LogP contribution in [0.15, 0.2) is 0 Å². The van der Waals surface area contributed by atoms with Gasteiger partial charge in [-0.05, 0) is 26.7 Å². The number of rotatable bonds is 5. The van der Waals surface area contributed by atoms with Crippen LogP contribution >= 0.6 is 0 Å². The van der Waals surface area contributed by atoms with Gasteiger partial charge in [-0.25, -0.2) is 8.42 Å². The Morgan fingerprint density at radius 3 is 2.31 bits per heavy atom. The van der Waals surface area contributed by atoms with Gasteiger partial charge in [0.05, 0.1) is 5.25 Å². The fourth-order valence-electron chi connectivity index (χ4n) is 1.36. The third kappa shape index (κ3) is 2.42. The van der Waals surface area contributed by atoms with E-state index in [0.717, 1.165) is 12.8 Å². The second-order valence-corrected chi connectivity index (χ2v) is 5.90. The van der Waals surface area contributed by atoms with E-state index >= 15 is 0 Å². The molecule has 2 N–H and O–H groups in total. The Labute approximate surface area is 80.1 Å². The van der Waals surface area contributed by atoms with Gasteiger partial charge in [-0.15, -0.1) is 0 Å². The lowest BCUT2D eigenvalue weighted by Gasteiger charge is -2.25. The molecule has 0 saturated heterocycles. The van der Waals surface area contributed by atoms with Gasteiger partial charge in [0.15, 0.2) is 0 Å². The molecule has 0 aromatic heterocycles. The minimum atomic E-state index is -3.04. The van der Waals surface area contributed by atoms with Crippen LogP contribution in [-0.4, -0.2) is 37.1 Å². The predicted molar refractivity (Wildman–Crippen MR) is 52.8 cm³/mol. The molecule has 5 heteroatoms. The normalized spacial score (nSPS) is 18.5. The Bertz CT molecular complexity index is 257. The van der Waals surface area contributed by atoms with E-state index in [1.165, 1.54) is 4.31 Å². The maximum absolute atomic E-state index is 11.8. The average molecular weight is 206 g/mol. The van der Waals surface area contributed by atoms with E-state index in [1.807, 2.05) is 13.8 Å². The molecule has 1 fully saturated rings. The van der Waals surface area contributed by atoms with Crippen molar-refractivity contribution in [1.29, 1.82) is 0 Å². The van der Waals surface area contributed by atoms with Crippen LogP contribution in [0, 0.1) is 0 Å². The van der Waals surface area contributed by atoms with Gasteiger partial charge in [-0.3, -0.25) is 0 Å². The summed E-state index contributed by atoms with van der Waals surface area (Å²) in [6.45, 7) is 4.60. The summed E-state index contributed by atoms with van der Waals surface area (Å²) in [5.74, 6) is 0. The van der Waals surface area contributed by atoms with Gasteiger partial charge in [0, 0.05) is 19.1 Å². The van der Waals surface area contributed by atoms with Crippen LogP contribution in [0.25, 0.3) is 0 Å². The predicted octanol–water partition coefficient (Wildman–Crippen LogP) is 0.148. The Kier molecular flexibility index (Phi) is 3.32. The summed E-state index contributed by atoms with van der Waals surface area (Å²) in [4.78, 5) is 0. The fourth-order valence-corrected chi connectivity index (χ4v) is 3.43. The monoisotopic (exact) mass is 206 g/mol. The Hall–Kier alpha value is -0.130. The molecule has 0 radical (unpaired) electrons. The third-order valence-electron chi connectivity index (χ3n) is 2.20. The summed E-state index contributed by atoms with van der Waals surface area (Å²) < 4.78 is 25.1. The molecule has 1 rings (SSSR count). The van der Waals surface area contributed by atoms with Crippen molar-refractivity contribution in [3.8, 4) is 0 Å². The van der Waals surface area contributed by atoms with E-state index in [-0.39, 0.29) is 11.3 Å². The van der Waals surface area contributed by atoms with Crippen molar-refractivity contribution in [2.24, 2.45) is 5.73 Å². The molecule has 0 amide bonds. The molecule has 13 heavy (non-hydrogen) atoms. The average Bonchev–Trinajstić information content (AvgIpc) is 2.80. The van der Waals surface area contributed by atoms with Gasteiger partial charge in [0.2, 0.25) is 10.0 Å². The summed E-state index contributed by atoms with van der Waals surface area (Å²) in [7, 11) is -3.04. The first kappa shape index (κ1) is 10.9. The lowest BCUT2D eigenvalue weighted by Crippen LogP contribution is -2.42. The number of sulfonamides is 1. The van der Waals surface area contributed by atoms with Crippen molar-refractivity contribution in [3.63, 3.8) is 0 Å². The molecule has 0 heterocycles. The number of hydrogen-bond donors (Lipinski definition) is 1. The Morgan fingerprint density at radius 1 is 1.46 bits per heavy atom. The highest BCUT2D eigenvalue weighted by molar-refractivity contribution is 7.90. The zero-order valence-corrected chi connectivity index (χ0v) is 9.05. The molecule has 0 atom stereocenters. The van der Waals surface area contributed by atoms with Crippen molar-refractivity contribution in [2.45, 2.75) is 38.0 Å². The topological polar surface area (TPSA) is 63.4 Å². The van der Waals surface area contributed by atoms with Crippen LogP contribution < -0.4 is 5.73 Å². The highest BCUT2D eigenvalue weighted by Gasteiger charge is 2.40. The van der Waals surface area contributed by atoms with Crippen LogP contribution in [0.5, 0.6) is 0 Å². The highest BCUT2D eigenvalue weighted by atomic mass is 32.2. The summed E-state index contributed by atoms with van der Waals surface area (Å²) in [5, 5.41) is -0.124. The molecule has 0 aromatic rings. The molecule has 0 aromatic carbocycles. The zero-order chi connectivity index (χ0) is 10.1. The van der Waals surface area contributed by atoms with Gasteiger partial charge in [-0.1, -0.05) is 0 Å². The van der Waals surface area contributed by atoms with E-state index < -0.39 is 10.0 Å². The minimum absolute atomic E-state index is 0.0224. The van der Waals surface area contributed by atoms with E-state index in [2.05, 4.69) is 0 Å². The molecule has 0 spiro atoms. The Morgan fingerprint density at radius 2 is 2.00 bits per heavy atom. The number of hydrogen-bond acceptors (Lipinski definition) is 3. The summed E-state index contributed by atoms with van der Waals surface area (Å²) in [6, 6.07) is 0.0224. The summed E-state index contributed by atoms with van der Waals surface area (Å²) >= 11 is 0. The molecule has 1 aliphatic rings. The number of nitrogens with zero attached hydrogens (tertiary/aromatic N) is 1. The van der Waals surface area contributed by atoms with Crippen LogP contribution in [0.1, 0.15) is 26.7 Å². The standard InChI is InChI=1S/C8H18N2O2S/c1-7(2)10(6-5-9)13(11,12)8-3-4-8/h7-8H,3-6,9H2,1-2H3. The quantitative estimate of drug-likeness (QED) is 0.696. The Balaban J connectivity index is 2.73. The molecular formula is C8H18N2O2S. The number of nitrogens with two attached hydrogens (primary N) is 1. The third-order valence-corrected chi connectivity index (χ3v) is 4.77. The zero-order valence-electron chi connectivity index (χ0n) is 8.23. The SMILES string of the molecule is CC(C)N(CCN)S(=O)(=O)C1CC1. The second-order valence-electron chi connectivity index (χ2n) is 3.74. The molecule has 0 unspecified atom stereocenters. The van der Waals surface area contributed by atoms with Crippen LogP contribution in [0.2, 0.25) is 0 Å². The highest BCUT2D eigenvalue weighted by Crippen LogP contribution is 2.31. The maximum Gasteiger partial charge on any atom is 0.217 e. The molecule has 4 nitrogen and oxygen atoms in total. The van der Waals surface area contributed by atoms with Crippen molar-refractivity contribution in [1.82, 2.24) is 4.31 Å². The molecule has 1 aliphatic carbocycles. The first-order valence-electron chi connectivity index (χ1n) is 4.71. The lowest BCUT2D eigenvalue weighted by molar-refractivity contribution is 0.360. The minimum Gasteiger partial charge on any atom is -0.329 e. The van der Waals surface area contributed by atoms with E-state index in [0.29, 0.717) is 13.1 Å². The van der Waals surface area contributed by atoms with Crippen molar-refractivity contribution >= 4 is 10.0 Å². The summed E-state index contributed by atoms with van der Waals surface area (Å²) in [5.41, 5.74) is 5.38. The molecule has 0 bridgehead atoms. The van der Waals surface area contributed by atoms with Crippen molar-refractivity contribution in [3.05, 3.63) is 0 Å². The van der Waals surface area contributed by atoms with Gasteiger partial charge < -0.3 is 5.73 Å². The summed E-state index contributed by atoms with van der Waals surface area (Å²) in [6.07, 6.45) is 1.63. The van der Waals surface area contributed by atoms with E-state index in [1.54, 1.807) is 0 Å². The van der Waals surface area contributed by atoms with Crippen molar-refractivity contribution in [2.75, 3.05) is 13.1 Å². The maximum atomic E-state index is 11.8. The first-order chi connectivity index (χ1) is 6.00. The second kappa shape index (κ2) is 3.94. The van der Waals surface area contributed by atoms with E-state index in [4.69, 9.17) is 5.73 Å². The molecular weight excluding hydrogens is 188 g/mol. The smallest absolute Gasteiger partial charge is 0.217 e. The van der Waals surface area contributed by atoms with E-state index in [9.17, 15) is 8.42 Å². The molecule has 1 saturated carbocycles. The first-order valence-corrected chi connectivity index (χ1v) is 6.21. The van der Waals surface area contributed by atoms with Crippen LogP contribution in [0.3, 0.4) is 0 Å². The van der Waals surface area contributed by atoms with Crippen LogP contribution in [0.4, 0.5) is 0 Å². The largest absolute Gasteiger partial charge is 0.329 e.